The van der Waals surface area contributed by atoms with Gasteiger partial charge in [0, 0.05) is 13.1 Å². The van der Waals surface area contributed by atoms with E-state index in [1.807, 2.05) is 26.0 Å². The fourth-order valence-electron chi connectivity index (χ4n) is 2.62. The molecule has 0 fully saturated rings. The number of carbonyl (C=O) groups is 2. The molecule has 1 aromatic carbocycles. The topological polar surface area (TPSA) is 87.5 Å². The van der Waals surface area contributed by atoms with Crippen LogP contribution in [0.15, 0.2) is 24.3 Å². The minimum absolute atomic E-state index is 0.0175. The molecule has 4 N–H and O–H groups in total. The first-order valence-electron chi connectivity index (χ1n) is 9.05. The molecule has 0 bridgehead atoms. The first-order valence-corrected chi connectivity index (χ1v) is 9.05. The Bertz CT molecular complexity index is 541. The summed E-state index contributed by atoms with van der Waals surface area (Å²) in [5, 5.41) is 5.41. The number of hydrogen-bond acceptors (Lipinski definition) is 3. The maximum atomic E-state index is 12.4. The number of nitrogens with one attached hydrogen (secondary N) is 2. The third-order valence-electron chi connectivity index (χ3n) is 4.58. The van der Waals surface area contributed by atoms with E-state index in [-0.39, 0.29) is 11.8 Å². The first kappa shape index (κ1) is 21.0. The van der Waals surface area contributed by atoms with E-state index in [9.17, 15) is 9.59 Å². The predicted octanol–water partition coefficient (Wildman–Crippen LogP) is 2.23. The lowest BCUT2D eigenvalue weighted by Crippen LogP contribution is -2.51. The molecule has 0 spiro atoms. The molecule has 0 saturated heterocycles. The highest BCUT2D eigenvalue weighted by atomic mass is 16.2. The van der Waals surface area contributed by atoms with Gasteiger partial charge in [-0.15, -0.1) is 0 Å². The van der Waals surface area contributed by atoms with Gasteiger partial charge in [0.25, 0.3) is 0 Å². The minimum Gasteiger partial charge on any atom is -0.352 e. The molecule has 1 aromatic rings. The van der Waals surface area contributed by atoms with Gasteiger partial charge in [0.2, 0.25) is 5.91 Å². The van der Waals surface area contributed by atoms with Crippen LogP contribution in [0.5, 0.6) is 0 Å². The summed E-state index contributed by atoms with van der Waals surface area (Å²) in [6, 6.07) is 6.95. The van der Waals surface area contributed by atoms with Crippen LogP contribution in [0.2, 0.25) is 0 Å². The third kappa shape index (κ3) is 7.13. The molecular weight excluding hydrogens is 316 g/mol. The van der Waals surface area contributed by atoms with Crippen LogP contribution in [-0.2, 0) is 17.9 Å². The fraction of sp³-hybridized carbons (Fsp3) is 0.579. The van der Waals surface area contributed by atoms with Crippen molar-refractivity contribution in [3.8, 4) is 0 Å². The summed E-state index contributed by atoms with van der Waals surface area (Å²) in [4.78, 5) is 25.8. The molecule has 6 heteroatoms. The summed E-state index contributed by atoms with van der Waals surface area (Å²) in [6.07, 6.45) is 0.776. The van der Waals surface area contributed by atoms with Gasteiger partial charge in [-0.05, 0) is 30.1 Å². The van der Waals surface area contributed by atoms with Gasteiger partial charge in [0.05, 0.1) is 0 Å². The molecule has 25 heavy (non-hydrogen) atoms. The lowest BCUT2D eigenvalue weighted by atomic mass is 9.98. The zero-order chi connectivity index (χ0) is 18.8. The Hall–Kier alpha value is -2.08. The first-order chi connectivity index (χ1) is 11.9. The van der Waals surface area contributed by atoms with E-state index in [4.69, 9.17) is 5.73 Å². The highest BCUT2D eigenvalue weighted by Crippen LogP contribution is 2.10. The van der Waals surface area contributed by atoms with Crippen LogP contribution in [0.4, 0.5) is 4.79 Å². The number of rotatable bonds is 10. The predicted molar refractivity (Wildman–Crippen MR) is 101 cm³/mol. The molecule has 6 nitrogen and oxygen atoms in total. The van der Waals surface area contributed by atoms with Crippen LogP contribution in [0, 0.1) is 5.92 Å². The molecule has 2 atom stereocenters. The summed E-state index contributed by atoms with van der Waals surface area (Å²) >= 11 is 0. The van der Waals surface area contributed by atoms with Gasteiger partial charge in [-0.25, -0.2) is 4.79 Å². The molecule has 1 rings (SSSR count). The highest BCUT2D eigenvalue weighted by Gasteiger charge is 2.24. The van der Waals surface area contributed by atoms with Crippen molar-refractivity contribution < 1.29 is 9.59 Å². The second-order valence-electron chi connectivity index (χ2n) is 6.37. The van der Waals surface area contributed by atoms with Gasteiger partial charge in [-0.1, -0.05) is 58.4 Å². The Kier molecular flexibility index (Phi) is 8.99. The summed E-state index contributed by atoms with van der Waals surface area (Å²) in [6.45, 7) is 11.6. The number of nitrogens with zero attached hydrogens (tertiary/aromatic N) is 1. The van der Waals surface area contributed by atoms with E-state index in [1.54, 1.807) is 0 Å². The normalized spacial score (nSPS) is 13.3. The number of primary amides is 1. The van der Waals surface area contributed by atoms with Crippen LogP contribution in [-0.4, -0.2) is 36.0 Å². The Morgan fingerprint density at radius 1 is 1.08 bits per heavy atom. The van der Waals surface area contributed by atoms with Crippen LogP contribution < -0.4 is 16.4 Å². The molecule has 0 radical (unpaired) electrons. The van der Waals surface area contributed by atoms with Crippen molar-refractivity contribution in [1.29, 1.82) is 0 Å². The number of urea groups is 1. The third-order valence-corrected chi connectivity index (χ3v) is 4.58. The highest BCUT2D eigenvalue weighted by molar-refractivity contribution is 5.86. The smallest absolute Gasteiger partial charge is 0.312 e. The second-order valence-corrected chi connectivity index (χ2v) is 6.37. The van der Waals surface area contributed by atoms with Crippen molar-refractivity contribution in [1.82, 2.24) is 15.5 Å². The number of nitrogens with two attached hydrogens (primary N) is 1. The Morgan fingerprint density at radius 3 is 2.12 bits per heavy atom. The molecule has 0 aliphatic carbocycles. The van der Waals surface area contributed by atoms with Crippen LogP contribution in [0.3, 0.4) is 0 Å². The fourth-order valence-corrected chi connectivity index (χ4v) is 2.62. The van der Waals surface area contributed by atoms with Crippen molar-refractivity contribution in [2.45, 2.75) is 53.2 Å². The molecular formula is C19H32N4O2. The maximum Gasteiger partial charge on any atom is 0.312 e. The van der Waals surface area contributed by atoms with Crippen molar-refractivity contribution >= 4 is 11.9 Å². The van der Waals surface area contributed by atoms with Gasteiger partial charge in [-0.3, -0.25) is 9.69 Å². The molecule has 0 aliphatic rings. The van der Waals surface area contributed by atoms with Gasteiger partial charge >= 0.3 is 6.03 Å². The van der Waals surface area contributed by atoms with Crippen LogP contribution in [0.1, 0.15) is 45.2 Å². The summed E-state index contributed by atoms with van der Waals surface area (Å²) in [7, 11) is 0. The standard InChI is InChI=1S/C19H32N4O2/c1-5-14(4)17(22-19(20)25)18(24)21-12-15-8-10-16(11-9-15)13-23(6-2)7-3/h8-11,14,17H,5-7,12-13H2,1-4H3,(H,21,24)(H3,20,22,25)/t14-,17-/m0/s1. The quantitative estimate of drug-likeness (QED) is 0.606. The van der Waals surface area contributed by atoms with Crippen LogP contribution >= 0.6 is 0 Å². The molecule has 0 heterocycles. The number of hydrogen-bond donors (Lipinski definition) is 3. The average molecular weight is 348 g/mol. The largest absolute Gasteiger partial charge is 0.352 e. The lowest BCUT2D eigenvalue weighted by molar-refractivity contribution is -0.124. The van der Waals surface area contributed by atoms with Crippen LogP contribution in [0.25, 0.3) is 0 Å². The van der Waals surface area contributed by atoms with Crippen molar-refractivity contribution in [2.75, 3.05) is 13.1 Å². The molecule has 3 amide bonds. The van der Waals surface area contributed by atoms with Crippen molar-refractivity contribution in [3.63, 3.8) is 0 Å². The van der Waals surface area contributed by atoms with Gasteiger partial charge in [0.15, 0.2) is 0 Å². The zero-order valence-electron chi connectivity index (χ0n) is 15.8. The van der Waals surface area contributed by atoms with E-state index in [0.717, 1.165) is 31.6 Å². The molecule has 0 aromatic heterocycles. The van der Waals surface area contributed by atoms with Crippen molar-refractivity contribution in [3.05, 3.63) is 35.4 Å². The molecule has 0 saturated carbocycles. The Morgan fingerprint density at radius 2 is 1.64 bits per heavy atom. The van der Waals surface area contributed by atoms with E-state index >= 15 is 0 Å². The zero-order valence-corrected chi connectivity index (χ0v) is 15.8. The summed E-state index contributed by atoms with van der Waals surface area (Å²) in [5.41, 5.74) is 7.46. The van der Waals surface area contributed by atoms with Crippen molar-refractivity contribution in [2.24, 2.45) is 11.7 Å². The van der Waals surface area contributed by atoms with Gasteiger partial charge in [-0.2, -0.15) is 0 Å². The Balaban J connectivity index is 2.61. The summed E-state index contributed by atoms with van der Waals surface area (Å²) < 4.78 is 0. The maximum absolute atomic E-state index is 12.4. The molecule has 140 valence electrons. The number of benzene rings is 1. The van der Waals surface area contributed by atoms with E-state index in [2.05, 4.69) is 41.5 Å². The van der Waals surface area contributed by atoms with E-state index in [0.29, 0.717) is 6.54 Å². The van der Waals surface area contributed by atoms with E-state index < -0.39 is 12.1 Å². The monoisotopic (exact) mass is 348 g/mol. The SMILES string of the molecule is CC[C@H](C)[C@H](NC(N)=O)C(=O)NCc1ccc(CN(CC)CC)cc1. The second kappa shape index (κ2) is 10.7. The number of amides is 3. The average Bonchev–Trinajstić information content (AvgIpc) is 2.62. The van der Waals surface area contributed by atoms with E-state index in [1.165, 1.54) is 5.56 Å². The molecule has 0 unspecified atom stereocenters. The molecule has 0 aliphatic heterocycles. The van der Waals surface area contributed by atoms with Gasteiger partial charge in [0.1, 0.15) is 6.04 Å². The lowest BCUT2D eigenvalue weighted by Gasteiger charge is -2.22. The van der Waals surface area contributed by atoms with Gasteiger partial charge < -0.3 is 16.4 Å². The Labute approximate surface area is 151 Å². The minimum atomic E-state index is -0.679. The number of carbonyl (C=O) groups excluding carboxylic acids is 2. The summed E-state index contributed by atoms with van der Waals surface area (Å²) in [5.74, 6) is -0.190.